The molecule has 0 saturated heterocycles. The van der Waals surface area contributed by atoms with Gasteiger partial charge in [-0.25, -0.2) is 15.0 Å². The first-order chi connectivity index (χ1) is 6.25. The highest BCUT2D eigenvalue weighted by Crippen LogP contribution is 2.20. The summed E-state index contributed by atoms with van der Waals surface area (Å²) in [5.41, 5.74) is -5.53. The highest BCUT2D eigenvalue weighted by molar-refractivity contribution is 7.86. The van der Waals surface area contributed by atoms with Gasteiger partial charge in [0, 0.05) is 0 Å². The van der Waals surface area contributed by atoms with Crippen LogP contribution in [0.4, 0.5) is 13.2 Å². The molecule has 0 atom stereocenters. The smallest absolute Gasteiger partial charge is 0.279 e. The van der Waals surface area contributed by atoms with Gasteiger partial charge in [0.15, 0.2) is 0 Å². The Bertz CT molecular complexity index is 324. The average Bonchev–Trinajstić information content (AvgIpc) is 2.05. The third-order valence-corrected chi connectivity index (χ3v) is 1.28. The van der Waals surface area contributed by atoms with Crippen LogP contribution >= 0.6 is 0 Å². The van der Waals surface area contributed by atoms with Gasteiger partial charge in [0.2, 0.25) is 0 Å². The second-order valence-electron chi connectivity index (χ2n) is 1.71. The first-order valence-electron chi connectivity index (χ1n) is 2.84. The maximum Gasteiger partial charge on any atom is 0.522 e. The van der Waals surface area contributed by atoms with Gasteiger partial charge in [0.25, 0.3) is 0 Å². The van der Waals surface area contributed by atoms with E-state index in [1.165, 1.54) is 19.0 Å². The van der Waals surface area contributed by atoms with Crippen LogP contribution in [0.25, 0.3) is 0 Å². The quantitative estimate of drug-likeness (QED) is 0.508. The summed E-state index contributed by atoms with van der Waals surface area (Å²) in [5, 5.41) is 0. The van der Waals surface area contributed by atoms with E-state index in [0.29, 0.717) is 0 Å². The first-order valence-corrected chi connectivity index (χ1v) is 4.28. The van der Waals surface area contributed by atoms with Crippen LogP contribution in [0.1, 0.15) is 0 Å². The van der Waals surface area contributed by atoms with Crippen molar-refractivity contribution in [3.63, 3.8) is 0 Å². The van der Waals surface area contributed by atoms with E-state index in [0.717, 1.165) is 0 Å². The summed E-state index contributed by atoms with van der Waals surface area (Å²) in [4.78, 5) is 10.7. The third-order valence-electron chi connectivity index (χ3n) is 0.692. The van der Waals surface area contributed by atoms with Crippen molar-refractivity contribution >= 4 is 10.1 Å². The molecule has 0 radical (unpaired) electrons. The number of hydrogen-bond acceptors (Lipinski definition) is 5. The molecule has 0 aromatic carbocycles. The van der Waals surface area contributed by atoms with Crippen LogP contribution in [0.2, 0.25) is 0 Å². The fourth-order valence-corrected chi connectivity index (χ4v) is 0.205. The summed E-state index contributed by atoms with van der Waals surface area (Å²) >= 11 is 0. The minimum absolute atomic E-state index is 1.44. The second kappa shape index (κ2) is 4.81. The molecule has 6 nitrogen and oxygen atoms in total. The molecule has 0 unspecified atom stereocenters. The Morgan fingerprint density at radius 1 is 1.00 bits per heavy atom. The lowest BCUT2D eigenvalue weighted by atomic mass is 11.1. The van der Waals surface area contributed by atoms with Gasteiger partial charge in [-0.15, -0.1) is 0 Å². The number of halogens is 3. The molecule has 0 amide bonds. The fraction of sp³-hybridized carbons (Fsp3) is 0.250. The van der Waals surface area contributed by atoms with Crippen LogP contribution in [0.15, 0.2) is 19.0 Å². The summed E-state index contributed by atoms with van der Waals surface area (Å²) in [7, 11) is -5.84. The van der Waals surface area contributed by atoms with Crippen LogP contribution in [0, 0.1) is 0 Å². The van der Waals surface area contributed by atoms with Gasteiger partial charge in [-0.05, 0) is 0 Å². The Kier molecular flexibility index (Phi) is 4.37. The molecule has 0 spiro atoms. The van der Waals surface area contributed by atoms with Gasteiger partial charge >= 0.3 is 15.6 Å². The molecule has 0 aliphatic carbocycles. The fourth-order valence-electron chi connectivity index (χ4n) is 0.205. The predicted molar refractivity (Wildman–Crippen MR) is 37.4 cm³/mol. The molecule has 0 aliphatic heterocycles. The summed E-state index contributed by atoms with van der Waals surface area (Å²) in [6.45, 7) is 0. The molecule has 80 valence electrons. The van der Waals surface area contributed by atoms with E-state index in [1.54, 1.807) is 0 Å². The van der Waals surface area contributed by atoms with Crippen LogP contribution in [-0.2, 0) is 10.1 Å². The van der Waals surface area contributed by atoms with Crippen molar-refractivity contribution in [2.24, 2.45) is 0 Å². The lowest BCUT2D eigenvalue weighted by molar-refractivity contribution is -0.0510. The van der Waals surface area contributed by atoms with Crippen molar-refractivity contribution in [2.45, 2.75) is 5.51 Å². The van der Waals surface area contributed by atoms with Gasteiger partial charge in [0.05, 0.1) is 0 Å². The Morgan fingerprint density at radius 3 is 1.29 bits per heavy atom. The topological polar surface area (TPSA) is 93.0 Å². The minimum atomic E-state index is -5.84. The average molecular weight is 231 g/mol. The van der Waals surface area contributed by atoms with Crippen molar-refractivity contribution < 1.29 is 26.1 Å². The van der Waals surface area contributed by atoms with E-state index >= 15 is 0 Å². The molecule has 1 rings (SSSR count). The van der Waals surface area contributed by atoms with E-state index in [9.17, 15) is 13.2 Å². The molecule has 10 heteroatoms. The first kappa shape index (κ1) is 12.7. The van der Waals surface area contributed by atoms with E-state index in [2.05, 4.69) is 15.0 Å². The lowest BCUT2D eigenvalue weighted by Crippen LogP contribution is -2.21. The monoisotopic (exact) mass is 231 g/mol. The zero-order valence-corrected chi connectivity index (χ0v) is 7.20. The van der Waals surface area contributed by atoms with E-state index in [-0.39, 0.29) is 0 Å². The van der Waals surface area contributed by atoms with Crippen LogP contribution in [-0.4, -0.2) is 33.4 Å². The molecular weight excluding hydrogens is 227 g/mol. The number of hydrogen-bond donors (Lipinski definition) is 1. The summed E-state index contributed by atoms with van der Waals surface area (Å²) in [5.74, 6) is 0. The van der Waals surface area contributed by atoms with Crippen LogP contribution in [0.3, 0.4) is 0 Å². The van der Waals surface area contributed by atoms with E-state index < -0.39 is 15.6 Å². The third kappa shape index (κ3) is 5.37. The maximum atomic E-state index is 10.7. The van der Waals surface area contributed by atoms with Crippen molar-refractivity contribution in [2.75, 3.05) is 0 Å². The summed E-state index contributed by atoms with van der Waals surface area (Å²) in [6, 6.07) is 0. The van der Waals surface area contributed by atoms with Gasteiger partial charge in [-0.2, -0.15) is 21.6 Å². The number of rotatable bonds is 0. The standard InChI is InChI=1S/C3H3N3.CHF3O3S/c1-4-2-6-3-5-1;2-1(3,4)8(5,6)7/h1-3H;(H,5,6,7). The summed E-state index contributed by atoms with van der Waals surface area (Å²) < 4.78 is 57.5. The zero-order valence-electron chi connectivity index (χ0n) is 6.38. The lowest BCUT2D eigenvalue weighted by Gasteiger charge is -1.97. The van der Waals surface area contributed by atoms with Crippen LogP contribution < -0.4 is 0 Å². The number of nitrogens with zero attached hydrogens (tertiary/aromatic N) is 3. The van der Waals surface area contributed by atoms with Gasteiger partial charge in [-0.3, -0.25) is 4.55 Å². The van der Waals surface area contributed by atoms with Crippen molar-refractivity contribution in [1.29, 1.82) is 0 Å². The zero-order chi connectivity index (χ0) is 11.2. The normalized spacial score (nSPS) is 11.4. The molecule has 1 aromatic rings. The van der Waals surface area contributed by atoms with Gasteiger partial charge in [-0.1, -0.05) is 0 Å². The van der Waals surface area contributed by atoms with Crippen molar-refractivity contribution in [1.82, 2.24) is 15.0 Å². The van der Waals surface area contributed by atoms with Crippen LogP contribution in [0.5, 0.6) is 0 Å². The Balaban J connectivity index is 0.000000249. The number of alkyl halides is 3. The second-order valence-corrected chi connectivity index (χ2v) is 3.13. The molecule has 14 heavy (non-hydrogen) atoms. The molecule has 0 saturated carbocycles. The minimum Gasteiger partial charge on any atom is -0.279 e. The van der Waals surface area contributed by atoms with Crippen molar-refractivity contribution in [3.05, 3.63) is 19.0 Å². The Morgan fingerprint density at radius 2 is 1.21 bits per heavy atom. The van der Waals surface area contributed by atoms with Gasteiger partial charge < -0.3 is 0 Å². The molecule has 0 aliphatic rings. The Labute approximate surface area is 76.6 Å². The maximum absolute atomic E-state index is 10.7. The SMILES string of the molecule is O=S(=O)(O)C(F)(F)F.c1ncncn1. The molecule has 0 bridgehead atoms. The summed E-state index contributed by atoms with van der Waals surface area (Å²) in [6.07, 6.45) is 4.31. The molecule has 1 N–H and O–H groups in total. The predicted octanol–water partition coefficient (Wildman–Crippen LogP) is 0.266. The highest BCUT2D eigenvalue weighted by Gasteiger charge is 2.44. The highest BCUT2D eigenvalue weighted by atomic mass is 32.2. The van der Waals surface area contributed by atoms with Gasteiger partial charge in [0.1, 0.15) is 19.0 Å². The molecule has 0 fully saturated rings. The van der Waals surface area contributed by atoms with E-state index in [1.807, 2.05) is 0 Å². The largest absolute Gasteiger partial charge is 0.522 e. The van der Waals surface area contributed by atoms with E-state index in [4.69, 9.17) is 13.0 Å². The number of aromatic nitrogens is 3. The van der Waals surface area contributed by atoms with Crippen molar-refractivity contribution in [3.8, 4) is 0 Å². The molecular formula is C4H4F3N3O3S. The Hall–Kier alpha value is -1.29. The molecule has 1 heterocycles. The molecule has 1 aromatic heterocycles.